The molecule has 1 saturated carbocycles. The fraction of sp³-hybridized carbons (Fsp3) is 0.438. The van der Waals surface area contributed by atoms with E-state index in [1.165, 1.54) is 31.1 Å². The van der Waals surface area contributed by atoms with Gasteiger partial charge in [-0.15, -0.1) is 0 Å². The van der Waals surface area contributed by atoms with Crippen molar-refractivity contribution in [1.29, 1.82) is 0 Å². The fourth-order valence-electron chi connectivity index (χ4n) is 2.22. The van der Waals surface area contributed by atoms with Gasteiger partial charge in [-0.05, 0) is 62.4 Å². The highest BCUT2D eigenvalue weighted by Crippen LogP contribution is 2.33. The lowest BCUT2D eigenvalue weighted by Gasteiger charge is -2.29. The summed E-state index contributed by atoms with van der Waals surface area (Å²) in [6.45, 7) is 5.10. The van der Waals surface area contributed by atoms with Gasteiger partial charge in [-0.3, -0.25) is 0 Å². The van der Waals surface area contributed by atoms with E-state index in [2.05, 4.69) is 18.7 Å². The Morgan fingerprint density at radius 1 is 1.45 bits per heavy atom. The van der Waals surface area contributed by atoms with Crippen LogP contribution in [0.5, 0.6) is 0 Å². The number of rotatable bonds is 6. The van der Waals surface area contributed by atoms with Gasteiger partial charge in [0, 0.05) is 24.4 Å². The summed E-state index contributed by atoms with van der Waals surface area (Å²) in [4.78, 5) is 12.7. The third kappa shape index (κ3) is 4.08. The highest BCUT2D eigenvalue weighted by atomic mass is 19.1. The van der Waals surface area contributed by atoms with Gasteiger partial charge in [0.05, 0.1) is 0 Å². The van der Waals surface area contributed by atoms with Crippen molar-refractivity contribution in [2.75, 3.05) is 11.4 Å². The number of halogens is 1. The average molecular weight is 277 g/mol. The second-order valence-corrected chi connectivity index (χ2v) is 5.60. The van der Waals surface area contributed by atoms with E-state index in [1.807, 2.05) is 6.07 Å². The molecule has 0 heterocycles. The van der Waals surface area contributed by atoms with Crippen LogP contribution >= 0.6 is 0 Å². The van der Waals surface area contributed by atoms with Crippen LogP contribution in [-0.4, -0.2) is 23.7 Å². The van der Waals surface area contributed by atoms with E-state index < -0.39 is 5.97 Å². The molecule has 0 radical (unpaired) electrons. The van der Waals surface area contributed by atoms with Gasteiger partial charge in [-0.1, -0.05) is 0 Å². The minimum atomic E-state index is -1.03. The predicted molar refractivity (Wildman–Crippen MR) is 78.3 cm³/mol. The zero-order valence-corrected chi connectivity index (χ0v) is 11.8. The van der Waals surface area contributed by atoms with Gasteiger partial charge in [-0.25, -0.2) is 9.18 Å². The molecule has 20 heavy (non-hydrogen) atoms. The Hall–Kier alpha value is -1.84. The second-order valence-electron chi connectivity index (χ2n) is 5.60. The van der Waals surface area contributed by atoms with Crippen LogP contribution in [0.1, 0.15) is 32.3 Å². The highest BCUT2D eigenvalue weighted by molar-refractivity contribution is 5.85. The molecular weight excluding hydrogens is 257 g/mol. The van der Waals surface area contributed by atoms with Crippen molar-refractivity contribution in [3.05, 3.63) is 35.7 Å². The summed E-state index contributed by atoms with van der Waals surface area (Å²) in [6, 6.07) is 4.98. The van der Waals surface area contributed by atoms with Crippen LogP contribution in [0.4, 0.5) is 10.1 Å². The van der Waals surface area contributed by atoms with Gasteiger partial charge < -0.3 is 10.0 Å². The van der Waals surface area contributed by atoms with Crippen molar-refractivity contribution in [2.24, 2.45) is 5.92 Å². The summed E-state index contributed by atoms with van der Waals surface area (Å²) < 4.78 is 13.7. The molecule has 4 heteroatoms. The fourth-order valence-corrected chi connectivity index (χ4v) is 2.22. The smallest absolute Gasteiger partial charge is 0.328 e. The Bertz CT molecular complexity index is 521. The number of nitrogens with zero attached hydrogens (tertiary/aromatic N) is 1. The molecule has 108 valence electrons. The van der Waals surface area contributed by atoms with E-state index in [-0.39, 0.29) is 11.9 Å². The van der Waals surface area contributed by atoms with Crippen LogP contribution in [-0.2, 0) is 4.79 Å². The lowest BCUT2D eigenvalue weighted by molar-refractivity contribution is -0.131. The number of carboxylic acid groups (broad SMARTS) is 1. The molecule has 1 aromatic carbocycles. The van der Waals surface area contributed by atoms with Crippen LogP contribution in [0.25, 0.3) is 6.08 Å². The van der Waals surface area contributed by atoms with E-state index in [9.17, 15) is 9.18 Å². The van der Waals surface area contributed by atoms with Gasteiger partial charge in [0.1, 0.15) is 5.82 Å². The van der Waals surface area contributed by atoms with Gasteiger partial charge in [-0.2, -0.15) is 0 Å². The van der Waals surface area contributed by atoms with Crippen molar-refractivity contribution in [3.63, 3.8) is 0 Å². The van der Waals surface area contributed by atoms with Crippen LogP contribution in [0, 0.1) is 11.7 Å². The quantitative estimate of drug-likeness (QED) is 0.808. The summed E-state index contributed by atoms with van der Waals surface area (Å²) >= 11 is 0. The normalized spacial score (nSPS) is 15.0. The standard InChI is InChI=1S/C16H20FNO2/c1-11(2)18(10-12-3-4-12)15-8-13(5-6-16(19)20)7-14(17)9-15/h5-9,11-12H,3-4,10H2,1-2H3,(H,19,20)/b6-5+. The molecule has 0 unspecified atom stereocenters. The topological polar surface area (TPSA) is 40.5 Å². The van der Waals surface area contributed by atoms with Crippen LogP contribution in [0.2, 0.25) is 0 Å². The number of aliphatic carboxylic acids is 1. The van der Waals surface area contributed by atoms with Gasteiger partial charge in [0.15, 0.2) is 0 Å². The SMILES string of the molecule is CC(C)N(CC1CC1)c1cc(F)cc(/C=C/C(=O)O)c1. The number of carboxylic acids is 1. The Balaban J connectivity index is 2.26. The molecule has 1 aromatic rings. The average Bonchev–Trinajstić information content (AvgIpc) is 3.16. The summed E-state index contributed by atoms with van der Waals surface area (Å²) in [6.07, 6.45) is 4.93. The van der Waals surface area contributed by atoms with E-state index in [4.69, 9.17) is 5.11 Å². The van der Waals surface area contributed by atoms with Crippen molar-refractivity contribution in [2.45, 2.75) is 32.7 Å². The molecule has 0 bridgehead atoms. The molecule has 0 saturated heterocycles. The first-order valence-corrected chi connectivity index (χ1v) is 6.94. The largest absolute Gasteiger partial charge is 0.478 e. The van der Waals surface area contributed by atoms with E-state index in [0.29, 0.717) is 11.5 Å². The molecule has 1 fully saturated rings. The first kappa shape index (κ1) is 14.6. The molecule has 0 spiro atoms. The molecule has 3 nitrogen and oxygen atoms in total. The number of anilines is 1. The summed E-state index contributed by atoms with van der Waals surface area (Å²) in [5, 5.41) is 8.65. The monoisotopic (exact) mass is 277 g/mol. The van der Waals surface area contributed by atoms with Crippen LogP contribution in [0.3, 0.4) is 0 Å². The van der Waals surface area contributed by atoms with E-state index in [1.54, 1.807) is 0 Å². The Kier molecular flexibility index (Phi) is 4.42. The predicted octanol–water partition coefficient (Wildman–Crippen LogP) is 3.55. The molecule has 1 aliphatic carbocycles. The molecule has 1 aliphatic rings. The molecule has 0 aliphatic heterocycles. The highest BCUT2D eigenvalue weighted by Gasteiger charge is 2.26. The summed E-state index contributed by atoms with van der Waals surface area (Å²) in [5.74, 6) is -0.665. The lowest BCUT2D eigenvalue weighted by Crippen LogP contribution is -2.32. The summed E-state index contributed by atoms with van der Waals surface area (Å²) in [5.41, 5.74) is 1.39. The molecule has 1 N–H and O–H groups in total. The Labute approximate surface area is 118 Å². The maximum absolute atomic E-state index is 13.7. The number of hydrogen-bond acceptors (Lipinski definition) is 2. The van der Waals surface area contributed by atoms with E-state index >= 15 is 0 Å². The second kappa shape index (κ2) is 6.07. The zero-order valence-electron chi connectivity index (χ0n) is 11.8. The summed E-state index contributed by atoms with van der Waals surface area (Å²) in [7, 11) is 0. The maximum Gasteiger partial charge on any atom is 0.328 e. The first-order valence-electron chi connectivity index (χ1n) is 6.94. The lowest BCUT2D eigenvalue weighted by atomic mass is 10.1. The molecule has 2 rings (SSSR count). The first-order chi connectivity index (χ1) is 9.45. The van der Waals surface area contributed by atoms with Crippen molar-refractivity contribution in [1.82, 2.24) is 0 Å². The molecule has 0 atom stereocenters. The third-order valence-corrected chi connectivity index (χ3v) is 3.43. The van der Waals surface area contributed by atoms with Crippen molar-refractivity contribution in [3.8, 4) is 0 Å². The number of benzene rings is 1. The molecule has 0 aromatic heterocycles. The third-order valence-electron chi connectivity index (χ3n) is 3.43. The minimum absolute atomic E-state index is 0.286. The van der Waals surface area contributed by atoms with Gasteiger partial charge in [0.2, 0.25) is 0 Å². The molecule has 0 amide bonds. The Morgan fingerprint density at radius 2 is 2.15 bits per heavy atom. The number of carbonyl (C=O) groups is 1. The van der Waals surface area contributed by atoms with Gasteiger partial charge in [0.25, 0.3) is 0 Å². The van der Waals surface area contributed by atoms with Crippen LogP contribution < -0.4 is 4.90 Å². The van der Waals surface area contributed by atoms with Gasteiger partial charge >= 0.3 is 5.97 Å². The van der Waals surface area contributed by atoms with E-state index in [0.717, 1.165) is 18.3 Å². The number of hydrogen-bond donors (Lipinski definition) is 1. The zero-order chi connectivity index (χ0) is 14.7. The minimum Gasteiger partial charge on any atom is -0.478 e. The Morgan fingerprint density at radius 3 is 2.70 bits per heavy atom. The van der Waals surface area contributed by atoms with Crippen molar-refractivity contribution < 1.29 is 14.3 Å². The van der Waals surface area contributed by atoms with Crippen molar-refractivity contribution >= 4 is 17.7 Å². The molecular formula is C16H20FNO2. The maximum atomic E-state index is 13.7. The van der Waals surface area contributed by atoms with Crippen LogP contribution in [0.15, 0.2) is 24.3 Å².